The van der Waals surface area contributed by atoms with Crippen LogP contribution in [0.15, 0.2) is 29.0 Å². The molecule has 1 rings (SSSR count). The fourth-order valence-corrected chi connectivity index (χ4v) is 2.92. The number of hydrogen-bond acceptors (Lipinski definition) is 3. The first-order valence-corrected chi connectivity index (χ1v) is 8.82. The first kappa shape index (κ1) is 19.0. The SMILES string of the molecule is C=C(CCC)/C(=N\C(=C/C)N1CCNC(C(C)C)C1)C(C)C. The van der Waals surface area contributed by atoms with Crippen LogP contribution in [-0.4, -0.2) is 36.3 Å². The van der Waals surface area contributed by atoms with Crippen molar-refractivity contribution in [1.82, 2.24) is 10.2 Å². The van der Waals surface area contributed by atoms with Crippen LogP contribution in [0.4, 0.5) is 0 Å². The third-order valence-electron chi connectivity index (χ3n) is 4.29. The summed E-state index contributed by atoms with van der Waals surface area (Å²) in [6.45, 7) is 20.6. The number of piperazine rings is 1. The van der Waals surface area contributed by atoms with Gasteiger partial charge >= 0.3 is 0 Å². The highest BCUT2D eigenvalue weighted by atomic mass is 15.3. The predicted octanol–water partition coefficient (Wildman–Crippen LogP) is 4.23. The second-order valence-electron chi connectivity index (χ2n) is 6.90. The standard InChI is InChI=1S/C19H35N3/c1-8-10-16(7)19(15(5)6)21-18(9-2)22-12-11-20-17(13-22)14(3)4/h9,14-15,17,20H,7-8,10-13H2,1-6H3/b18-9+,21-19-. The Labute approximate surface area is 137 Å². The summed E-state index contributed by atoms with van der Waals surface area (Å²) in [6.07, 6.45) is 4.30. The fourth-order valence-electron chi connectivity index (χ4n) is 2.92. The molecular formula is C19H35N3. The van der Waals surface area contributed by atoms with Gasteiger partial charge in [-0.2, -0.15) is 0 Å². The van der Waals surface area contributed by atoms with E-state index in [1.807, 2.05) is 0 Å². The summed E-state index contributed by atoms with van der Waals surface area (Å²) in [5, 5.41) is 3.61. The molecule has 0 bridgehead atoms. The average molecular weight is 306 g/mol. The van der Waals surface area contributed by atoms with Crippen molar-refractivity contribution in [3.05, 3.63) is 24.0 Å². The van der Waals surface area contributed by atoms with Crippen molar-refractivity contribution in [2.45, 2.75) is 60.4 Å². The van der Waals surface area contributed by atoms with Crippen LogP contribution >= 0.6 is 0 Å². The number of aliphatic imine (C=N–C) groups is 1. The molecule has 0 saturated carbocycles. The Morgan fingerprint density at radius 1 is 1.36 bits per heavy atom. The number of allylic oxidation sites excluding steroid dienone is 2. The average Bonchev–Trinajstić information content (AvgIpc) is 2.48. The lowest BCUT2D eigenvalue weighted by Gasteiger charge is -2.37. The van der Waals surface area contributed by atoms with Gasteiger partial charge in [-0.3, -0.25) is 0 Å². The molecule has 3 nitrogen and oxygen atoms in total. The number of rotatable bonds is 7. The van der Waals surface area contributed by atoms with E-state index in [-0.39, 0.29) is 0 Å². The van der Waals surface area contributed by atoms with Crippen molar-refractivity contribution in [1.29, 1.82) is 0 Å². The molecule has 1 fully saturated rings. The van der Waals surface area contributed by atoms with E-state index in [9.17, 15) is 0 Å². The van der Waals surface area contributed by atoms with E-state index in [0.29, 0.717) is 17.9 Å². The van der Waals surface area contributed by atoms with Crippen LogP contribution < -0.4 is 5.32 Å². The summed E-state index contributed by atoms with van der Waals surface area (Å²) in [5.74, 6) is 2.16. The molecular weight excluding hydrogens is 270 g/mol. The highest BCUT2D eigenvalue weighted by molar-refractivity contribution is 6.01. The lowest BCUT2D eigenvalue weighted by Crippen LogP contribution is -2.52. The molecule has 22 heavy (non-hydrogen) atoms. The van der Waals surface area contributed by atoms with E-state index in [1.165, 1.54) is 5.57 Å². The van der Waals surface area contributed by atoms with E-state index in [0.717, 1.165) is 44.0 Å². The molecule has 1 saturated heterocycles. The molecule has 0 amide bonds. The topological polar surface area (TPSA) is 27.6 Å². The zero-order valence-corrected chi connectivity index (χ0v) is 15.4. The molecule has 1 atom stereocenters. The Balaban J connectivity index is 2.93. The summed E-state index contributed by atoms with van der Waals surface area (Å²) < 4.78 is 0. The Bertz CT molecular complexity index is 418. The van der Waals surface area contributed by atoms with Crippen molar-refractivity contribution in [3.63, 3.8) is 0 Å². The maximum atomic E-state index is 5.01. The zero-order valence-electron chi connectivity index (χ0n) is 15.4. The molecule has 0 aromatic heterocycles. The molecule has 0 radical (unpaired) electrons. The lowest BCUT2D eigenvalue weighted by atomic mass is 9.97. The Morgan fingerprint density at radius 3 is 2.55 bits per heavy atom. The van der Waals surface area contributed by atoms with Gasteiger partial charge in [0, 0.05) is 31.4 Å². The van der Waals surface area contributed by atoms with Crippen LogP contribution in [0.3, 0.4) is 0 Å². The van der Waals surface area contributed by atoms with Crippen molar-refractivity contribution in [2.24, 2.45) is 16.8 Å². The minimum atomic E-state index is 0.415. The molecule has 1 heterocycles. The summed E-state index contributed by atoms with van der Waals surface area (Å²) in [7, 11) is 0. The molecule has 1 aliphatic rings. The Hall–Kier alpha value is -1.09. The van der Waals surface area contributed by atoms with Gasteiger partial charge in [0.15, 0.2) is 0 Å². The Kier molecular flexibility index (Phi) is 7.88. The van der Waals surface area contributed by atoms with Gasteiger partial charge in [-0.25, -0.2) is 4.99 Å². The largest absolute Gasteiger partial charge is 0.354 e. The van der Waals surface area contributed by atoms with Crippen molar-refractivity contribution < 1.29 is 0 Å². The minimum absolute atomic E-state index is 0.415. The van der Waals surface area contributed by atoms with E-state index in [1.54, 1.807) is 0 Å². The monoisotopic (exact) mass is 305 g/mol. The van der Waals surface area contributed by atoms with E-state index in [2.05, 4.69) is 64.4 Å². The van der Waals surface area contributed by atoms with Crippen LogP contribution in [0.1, 0.15) is 54.4 Å². The molecule has 126 valence electrons. The summed E-state index contributed by atoms with van der Waals surface area (Å²) in [4.78, 5) is 7.43. The van der Waals surface area contributed by atoms with Crippen LogP contribution in [0.5, 0.6) is 0 Å². The van der Waals surface area contributed by atoms with Gasteiger partial charge in [0.05, 0.1) is 0 Å². The zero-order chi connectivity index (χ0) is 16.7. The summed E-state index contributed by atoms with van der Waals surface area (Å²) in [5.41, 5.74) is 2.35. The molecule has 0 spiro atoms. The van der Waals surface area contributed by atoms with Gasteiger partial charge in [0.25, 0.3) is 0 Å². The Morgan fingerprint density at radius 2 is 2.05 bits per heavy atom. The van der Waals surface area contributed by atoms with Crippen LogP contribution in [-0.2, 0) is 0 Å². The van der Waals surface area contributed by atoms with Gasteiger partial charge in [0.2, 0.25) is 0 Å². The molecule has 1 N–H and O–H groups in total. The molecule has 3 heteroatoms. The number of nitrogens with one attached hydrogen (secondary N) is 1. The molecule has 0 aromatic carbocycles. The van der Waals surface area contributed by atoms with E-state index >= 15 is 0 Å². The predicted molar refractivity (Wildman–Crippen MR) is 98.3 cm³/mol. The smallest absolute Gasteiger partial charge is 0.124 e. The van der Waals surface area contributed by atoms with Gasteiger partial charge in [-0.15, -0.1) is 0 Å². The first-order valence-electron chi connectivity index (χ1n) is 8.82. The number of hydrogen-bond donors (Lipinski definition) is 1. The fraction of sp³-hybridized carbons (Fsp3) is 0.737. The third-order valence-corrected chi connectivity index (χ3v) is 4.29. The third kappa shape index (κ3) is 5.28. The number of nitrogens with zero attached hydrogens (tertiary/aromatic N) is 2. The van der Waals surface area contributed by atoms with Crippen molar-refractivity contribution >= 4 is 5.71 Å². The molecule has 0 aromatic rings. The molecule has 1 aliphatic heterocycles. The van der Waals surface area contributed by atoms with Crippen molar-refractivity contribution in [2.75, 3.05) is 19.6 Å². The summed E-state index contributed by atoms with van der Waals surface area (Å²) in [6, 6.07) is 0.542. The minimum Gasteiger partial charge on any atom is -0.354 e. The second kappa shape index (κ2) is 9.14. The van der Waals surface area contributed by atoms with Gasteiger partial charge in [-0.1, -0.05) is 47.6 Å². The normalized spacial score (nSPS) is 20.9. The first-order chi connectivity index (χ1) is 10.4. The maximum absolute atomic E-state index is 5.01. The lowest BCUT2D eigenvalue weighted by molar-refractivity contribution is 0.212. The highest BCUT2D eigenvalue weighted by Crippen LogP contribution is 2.19. The highest BCUT2D eigenvalue weighted by Gasteiger charge is 2.23. The van der Waals surface area contributed by atoms with Crippen LogP contribution in [0.2, 0.25) is 0 Å². The van der Waals surface area contributed by atoms with Crippen molar-refractivity contribution in [3.8, 4) is 0 Å². The van der Waals surface area contributed by atoms with E-state index in [4.69, 9.17) is 4.99 Å². The second-order valence-corrected chi connectivity index (χ2v) is 6.90. The molecule has 0 aliphatic carbocycles. The maximum Gasteiger partial charge on any atom is 0.124 e. The van der Waals surface area contributed by atoms with Gasteiger partial charge in [-0.05, 0) is 36.8 Å². The molecule has 1 unspecified atom stereocenters. The van der Waals surface area contributed by atoms with Gasteiger partial charge in [0.1, 0.15) is 5.82 Å². The van der Waals surface area contributed by atoms with Gasteiger partial charge < -0.3 is 10.2 Å². The van der Waals surface area contributed by atoms with E-state index < -0.39 is 0 Å². The van der Waals surface area contributed by atoms with Crippen LogP contribution in [0, 0.1) is 11.8 Å². The quantitative estimate of drug-likeness (QED) is 0.713. The van der Waals surface area contributed by atoms with Crippen LogP contribution in [0.25, 0.3) is 0 Å². The summed E-state index contributed by atoms with van der Waals surface area (Å²) >= 11 is 0.